The summed E-state index contributed by atoms with van der Waals surface area (Å²) in [4.78, 5) is 96.6. The maximum atomic E-state index is 14.5. The van der Waals surface area contributed by atoms with Gasteiger partial charge in [0.25, 0.3) is 11.8 Å². The molecule has 87 heavy (non-hydrogen) atoms. The smallest absolute Gasteiger partial charge is 0.444 e. The van der Waals surface area contributed by atoms with E-state index in [1.807, 2.05) is 70.2 Å². The Morgan fingerprint density at radius 2 is 1.37 bits per heavy atom. The van der Waals surface area contributed by atoms with Crippen molar-refractivity contribution in [2.24, 2.45) is 34.8 Å². The summed E-state index contributed by atoms with van der Waals surface area (Å²) >= 11 is 0. The van der Waals surface area contributed by atoms with E-state index >= 15 is 0 Å². The summed E-state index contributed by atoms with van der Waals surface area (Å²) in [5.74, 6) is -3.94. The summed E-state index contributed by atoms with van der Waals surface area (Å²) < 4.78 is 31.1. The molecule has 3 aromatic carbocycles. The fraction of sp³-hybridized carbons (Fsp3) is 0.621. The van der Waals surface area contributed by atoms with E-state index in [1.54, 1.807) is 39.8 Å². The zero-order valence-electron chi connectivity index (χ0n) is 53.5. The Labute approximate surface area is 516 Å². The molecule has 4 aliphatic rings. The number of hydrogen-bond donors (Lipinski definition) is 8. The fourth-order valence-corrected chi connectivity index (χ4v) is 11.7. The van der Waals surface area contributed by atoms with E-state index in [1.165, 1.54) is 5.56 Å². The highest BCUT2D eigenvalue weighted by molar-refractivity contribution is 6.48. The van der Waals surface area contributed by atoms with Crippen LogP contribution < -0.4 is 43.0 Å². The van der Waals surface area contributed by atoms with E-state index < -0.39 is 90.3 Å². The quantitative estimate of drug-likeness (QED) is 0.0167. The zero-order chi connectivity index (χ0) is 63.6. The molecule has 20 nitrogen and oxygen atoms in total. The molecule has 3 aliphatic carbocycles. The highest BCUT2D eigenvalue weighted by Crippen LogP contribution is 2.65. The van der Waals surface area contributed by atoms with Crippen molar-refractivity contribution in [1.29, 1.82) is 0 Å². The number of carbonyl (C=O) groups excluding carboxylic acids is 7. The number of carbonyl (C=O) groups is 7. The minimum Gasteiger partial charge on any atom is -0.444 e. The summed E-state index contributed by atoms with van der Waals surface area (Å²) in [6.45, 7) is 24.0. The summed E-state index contributed by atoms with van der Waals surface area (Å²) in [7, 11) is -0.834. The standard InChI is InChI=1S/C66H99BN8O12/c1-13-14-20-44-24-26-46(27-25-44)47-28-30-48(31-29-47)58(77)69-34-32-55(76)71-50(23-18-19-33-70-63(82)85-64(7,8)9)59(78)74-56(43(6)84-38-42(4)5)61(80)75-57(68)62(81)72-51(35-41(2)3)60(79)73-54(40-83-39-45-21-16-15-17-22-45)67-86-53-37-49-36-52(65(49,10)11)66(53,12)87-67/h15-17,21-22,24-31,41-43,49-54,56-57H,13-14,18-20,23,32-40,68H2,1-12H3,(H,69,77)(H,70,82)(H,71,76)(H,72,81)(H,73,79)(H,74,78)(H,75,80)/t43?,49-,50-,51-,52-,53?,54-,56-,57+,66-/m0/s1. The van der Waals surface area contributed by atoms with Gasteiger partial charge in [0, 0.05) is 31.7 Å². The third kappa shape index (κ3) is 20.6. The minimum atomic E-state index is -1.70. The second-order valence-corrected chi connectivity index (χ2v) is 26.5. The zero-order valence-corrected chi connectivity index (χ0v) is 53.5. The number of rotatable bonds is 33. The van der Waals surface area contributed by atoms with Crippen molar-refractivity contribution in [2.45, 2.75) is 208 Å². The third-order valence-electron chi connectivity index (χ3n) is 16.8. The molecule has 3 saturated carbocycles. The Hall–Kier alpha value is -6.39. The molecule has 2 unspecified atom stereocenters. The summed E-state index contributed by atoms with van der Waals surface area (Å²) in [5, 5.41) is 19.4. The second-order valence-electron chi connectivity index (χ2n) is 26.5. The Bertz CT molecular complexity index is 2740. The number of amides is 7. The van der Waals surface area contributed by atoms with E-state index in [0.29, 0.717) is 24.3 Å². The number of alkyl carbamates (subject to hydrolysis) is 1. The molecule has 10 atom stereocenters. The first-order valence-electron chi connectivity index (χ1n) is 31.4. The van der Waals surface area contributed by atoms with Gasteiger partial charge in [0.2, 0.25) is 23.6 Å². The molecule has 7 amide bonds. The molecule has 1 saturated heterocycles. The van der Waals surface area contributed by atoms with Gasteiger partial charge >= 0.3 is 13.2 Å². The maximum absolute atomic E-state index is 14.5. The normalized spacial score (nSPS) is 20.5. The average Bonchev–Trinajstić information content (AvgIpc) is 1.68. The van der Waals surface area contributed by atoms with Crippen molar-refractivity contribution < 1.29 is 57.1 Å². The van der Waals surface area contributed by atoms with Crippen LogP contribution >= 0.6 is 0 Å². The largest absolute Gasteiger partial charge is 0.484 e. The second kappa shape index (κ2) is 32.2. The van der Waals surface area contributed by atoms with Gasteiger partial charge in [-0.05, 0) is 149 Å². The van der Waals surface area contributed by atoms with E-state index in [0.717, 1.165) is 48.8 Å². The Morgan fingerprint density at radius 3 is 2.00 bits per heavy atom. The third-order valence-corrected chi connectivity index (χ3v) is 16.8. The average molecular weight is 1210 g/mol. The molecular weight excluding hydrogens is 1110 g/mol. The fourth-order valence-electron chi connectivity index (χ4n) is 11.7. The van der Waals surface area contributed by atoms with Gasteiger partial charge in [0.15, 0.2) is 6.17 Å². The van der Waals surface area contributed by atoms with Gasteiger partial charge in [-0.25, -0.2) is 4.79 Å². The van der Waals surface area contributed by atoms with E-state index in [9.17, 15) is 33.6 Å². The maximum Gasteiger partial charge on any atom is 0.484 e. The van der Waals surface area contributed by atoms with Gasteiger partial charge < -0.3 is 66.5 Å². The Kier molecular flexibility index (Phi) is 25.8. The molecular formula is C66H99BN8O12. The first-order valence-corrected chi connectivity index (χ1v) is 31.4. The molecule has 478 valence electrons. The summed E-state index contributed by atoms with van der Waals surface area (Å²) in [6, 6.07) is 21.5. The van der Waals surface area contributed by atoms with Crippen LogP contribution in [0.15, 0.2) is 78.9 Å². The molecule has 2 bridgehead atoms. The molecule has 1 heterocycles. The van der Waals surface area contributed by atoms with Crippen molar-refractivity contribution >= 4 is 48.7 Å². The van der Waals surface area contributed by atoms with Crippen molar-refractivity contribution in [2.75, 3.05) is 26.3 Å². The highest BCUT2D eigenvalue weighted by Gasteiger charge is 2.68. The molecule has 9 N–H and O–H groups in total. The highest BCUT2D eigenvalue weighted by atomic mass is 16.7. The van der Waals surface area contributed by atoms with Crippen LogP contribution in [0.4, 0.5) is 4.79 Å². The van der Waals surface area contributed by atoms with Gasteiger partial charge in [-0.1, -0.05) is 122 Å². The summed E-state index contributed by atoms with van der Waals surface area (Å²) in [5.41, 5.74) is 9.89. The van der Waals surface area contributed by atoms with Gasteiger partial charge in [-0.2, -0.15) is 0 Å². The van der Waals surface area contributed by atoms with Crippen LogP contribution in [0.1, 0.15) is 162 Å². The number of aryl methyl sites for hydroxylation is 1. The lowest BCUT2D eigenvalue weighted by molar-refractivity contribution is -0.199. The van der Waals surface area contributed by atoms with Crippen LogP contribution in [0.3, 0.4) is 0 Å². The van der Waals surface area contributed by atoms with Crippen LogP contribution in [0.5, 0.6) is 0 Å². The van der Waals surface area contributed by atoms with E-state index in [4.69, 9.17) is 29.3 Å². The number of nitrogens with one attached hydrogen (secondary N) is 7. The SMILES string of the molecule is CCCCc1ccc(-c2ccc(C(=O)NCCC(=O)N[C@@H](CCCCNC(=O)OC(C)(C)C)C(=O)N[C@H](C(=O)N[C@@H](N)C(=O)N[C@@H](CC(C)C)C(=O)N[C@@H](COCc3ccccc3)B3OC4C[C@@H]5C[C@@H](C5(C)C)[C@]4(C)O3)C(C)OCC(C)C)cc2)cc1. The van der Waals surface area contributed by atoms with Gasteiger partial charge in [0.05, 0.1) is 37.0 Å². The van der Waals surface area contributed by atoms with Crippen molar-refractivity contribution in [3.8, 4) is 11.1 Å². The van der Waals surface area contributed by atoms with E-state index in [2.05, 4.69) is 89.2 Å². The lowest BCUT2D eigenvalue weighted by Gasteiger charge is -2.64. The van der Waals surface area contributed by atoms with Crippen LogP contribution in [-0.4, -0.2) is 129 Å². The summed E-state index contributed by atoms with van der Waals surface area (Å²) in [6.07, 6.45) is 2.59. The van der Waals surface area contributed by atoms with Gasteiger partial charge in [0.1, 0.15) is 23.7 Å². The molecule has 4 fully saturated rings. The Morgan fingerprint density at radius 1 is 0.701 bits per heavy atom. The molecule has 0 aromatic heterocycles. The van der Waals surface area contributed by atoms with Crippen molar-refractivity contribution in [3.63, 3.8) is 0 Å². The first-order chi connectivity index (χ1) is 41.2. The monoisotopic (exact) mass is 1210 g/mol. The molecule has 0 radical (unpaired) electrons. The molecule has 3 aromatic rings. The lowest BCUT2D eigenvalue weighted by atomic mass is 9.43. The molecule has 0 spiro atoms. The van der Waals surface area contributed by atoms with Crippen LogP contribution in [0, 0.1) is 29.1 Å². The van der Waals surface area contributed by atoms with Crippen molar-refractivity contribution in [3.05, 3.63) is 95.6 Å². The van der Waals surface area contributed by atoms with Crippen molar-refractivity contribution in [1.82, 2.24) is 37.2 Å². The topological polar surface area (TPSA) is 276 Å². The predicted molar refractivity (Wildman–Crippen MR) is 335 cm³/mol. The van der Waals surface area contributed by atoms with Crippen LogP contribution in [0.25, 0.3) is 11.1 Å². The number of nitrogens with two attached hydrogens (primary N) is 1. The number of hydrogen-bond acceptors (Lipinski definition) is 13. The number of unbranched alkanes of at least 4 members (excludes halogenated alkanes) is 2. The molecule has 21 heteroatoms. The molecule has 1 aliphatic heterocycles. The van der Waals surface area contributed by atoms with Gasteiger partial charge in [-0.3, -0.25) is 28.8 Å². The lowest BCUT2D eigenvalue weighted by Crippen LogP contribution is -2.65. The minimum absolute atomic E-state index is 0.0369. The van der Waals surface area contributed by atoms with Crippen LogP contribution in [-0.2, 0) is 60.5 Å². The number of ether oxygens (including phenoxy) is 3. The van der Waals surface area contributed by atoms with E-state index in [-0.39, 0.29) is 87.4 Å². The van der Waals surface area contributed by atoms with Crippen LogP contribution in [0.2, 0.25) is 0 Å². The number of benzene rings is 3. The predicted octanol–water partition coefficient (Wildman–Crippen LogP) is 7.44. The first kappa shape index (κ1) is 69.7. The Balaban J connectivity index is 1.10. The molecule has 7 rings (SSSR count). The van der Waals surface area contributed by atoms with Gasteiger partial charge in [-0.15, -0.1) is 0 Å².